The van der Waals surface area contributed by atoms with E-state index in [0.29, 0.717) is 0 Å². The molecule has 1 aliphatic rings. The standard InChI is InChI=1S/C17H21N3S/c1-13-5-6-14(2)15(9-13)11-21-17-10-16(18-12-19-17)20-7-3-4-8-20/h5-6,9-10,12H,3-4,7-8,11H2,1-2H3. The Morgan fingerprint density at radius 3 is 2.71 bits per heavy atom. The highest BCUT2D eigenvalue weighted by molar-refractivity contribution is 7.98. The normalized spacial score (nSPS) is 14.7. The molecule has 0 atom stereocenters. The highest BCUT2D eigenvalue weighted by atomic mass is 32.2. The van der Waals surface area contributed by atoms with Crippen LogP contribution in [-0.2, 0) is 5.75 Å². The van der Waals surface area contributed by atoms with Crippen molar-refractivity contribution < 1.29 is 0 Å². The monoisotopic (exact) mass is 299 g/mol. The molecule has 0 spiro atoms. The lowest BCUT2D eigenvalue weighted by molar-refractivity contribution is 0.908. The zero-order valence-electron chi connectivity index (χ0n) is 12.7. The second-order valence-electron chi connectivity index (χ2n) is 5.63. The van der Waals surface area contributed by atoms with Crippen LogP contribution in [0.4, 0.5) is 5.82 Å². The number of aryl methyl sites for hydroxylation is 2. The maximum Gasteiger partial charge on any atom is 0.133 e. The van der Waals surface area contributed by atoms with E-state index >= 15 is 0 Å². The van der Waals surface area contributed by atoms with Crippen LogP contribution in [-0.4, -0.2) is 23.1 Å². The molecule has 1 fully saturated rings. The van der Waals surface area contributed by atoms with Crippen molar-refractivity contribution in [1.82, 2.24) is 9.97 Å². The second kappa shape index (κ2) is 6.48. The predicted octanol–water partition coefficient (Wildman–Crippen LogP) is 3.99. The first-order valence-corrected chi connectivity index (χ1v) is 8.47. The molecule has 1 saturated heterocycles. The average Bonchev–Trinajstić information content (AvgIpc) is 3.03. The van der Waals surface area contributed by atoms with Gasteiger partial charge in [0.1, 0.15) is 17.2 Å². The summed E-state index contributed by atoms with van der Waals surface area (Å²) < 4.78 is 0. The first-order valence-electron chi connectivity index (χ1n) is 7.48. The minimum atomic E-state index is 0.962. The lowest BCUT2D eigenvalue weighted by atomic mass is 10.1. The van der Waals surface area contributed by atoms with E-state index in [1.165, 1.54) is 29.5 Å². The van der Waals surface area contributed by atoms with Gasteiger partial charge in [-0.1, -0.05) is 23.8 Å². The Kier molecular flexibility index (Phi) is 4.44. The Labute approximate surface area is 130 Å². The van der Waals surface area contributed by atoms with Crippen molar-refractivity contribution in [3.05, 3.63) is 47.3 Å². The van der Waals surface area contributed by atoms with Crippen molar-refractivity contribution in [3.8, 4) is 0 Å². The molecule has 1 aliphatic heterocycles. The summed E-state index contributed by atoms with van der Waals surface area (Å²) in [5.41, 5.74) is 4.06. The molecule has 0 amide bonds. The Balaban J connectivity index is 1.70. The summed E-state index contributed by atoms with van der Waals surface area (Å²) >= 11 is 1.79. The maximum absolute atomic E-state index is 4.41. The predicted molar refractivity (Wildman–Crippen MR) is 89.0 cm³/mol. The molecule has 0 aliphatic carbocycles. The molecule has 0 N–H and O–H groups in total. The highest BCUT2D eigenvalue weighted by Gasteiger charge is 2.14. The molecule has 0 unspecified atom stereocenters. The number of rotatable bonds is 4. The summed E-state index contributed by atoms with van der Waals surface area (Å²) in [6.45, 7) is 6.56. The molecule has 110 valence electrons. The van der Waals surface area contributed by atoms with Gasteiger partial charge < -0.3 is 4.90 Å². The van der Waals surface area contributed by atoms with Crippen LogP contribution in [0, 0.1) is 13.8 Å². The van der Waals surface area contributed by atoms with Crippen LogP contribution in [0.3, 0.4) is 0 Å². The van der Waals surface area contributed by atoms with Crippen LogP contribution in [0.1, 0.15) is 29.5 Å². The van der Waals surface area contributed by atoms with Crippen LogP contribution < -0.4 is 4.90 Å². The number of benzene rings is 1. The number of aromatic nitrogens is 2. The summed E-state index contributed by atoms with van der Waals surface area (Å²) in [4.78, 5) is 11.2. The molecule has 0 bridgehead atoms. The van der Waals surface area contributed by atoms with Gasteiger partial charge in [-0.2, -0.15) is 0 Å². The zero-order chi connectivity index (χ0) is 14.7. The maximum atomic E-state index is 4.41. The lowest BCUT2D eigenvalue weighted by Crippen LogP contribution is -2.18. The molecule has 0 radical (unpaired) electrons. The average molecular weight is 299 g/mol. The first-order chi connectivity index (χ1) is 10.2. The minimum Gasteiger partial charge on any atom is -0.356 e. The number of hydrogen-bond acceptors (Lipinski definition) is 4. The number of nitrogens with zero attached hydrogens (tertiary/aromatic N) is 3. The fourth-order valence-electron chi connectivity index (χ4n) is 2.64. The SMILES string of the molecule is Cc1ccc(C)c(CSc2cc(N3CCCC3)ncn2)c1. The molecular formula is C17H21N3S. The molecular weight excluding hydrogens is 278 g/mol. The van der Waals surface area contributed by atoms with Crippen LogP contribution in [0.25, 0.3) is 0 Å². The van der Waals surface area contributed by atoms with E-state index in [4.69, 9.17) is 0 Å². The number of hydrogen-bond donors (Lipinski definition) is 0. The van der Waals surface area contributed by atoms with Gasteiger partial charge in [-0.05, 0) is 37.8 Å². The minimum absolute atomic E-state index is 0.962. The molecule has 1 aromatic heterocycles. The molecule has 3 nitrogen and oxygen atoms in total. The van der Waals surface area contributed by atoms with Crippen LogP contribution >= 0.6 is 11.8 Å². The molecule has 0 saturated carbocycles. The molecule has 3 rings (SSSR count). The summed E-state index contributed by atoms with van der Waals surface area (Å²) in [5.74, 6) is 2.04. The zero-order valence-corrected chi connectivity index (χ0v) is 13.5. The Morgan fingerprint density at radius 2 is 1.90 bits per heavy atom. The second-order valence-corrected chi connectivity index (χ2v) is 6.62. The van der Waals surface area contributed by atoms with Crippen molar-refractivity contribution in [2.24, 2.45) is 0 Å². The van der Waals surface area contributed by atoms with Crippen LogP contribution in [0.2, 0.25) is 0 Å². The largest absolute Gasteiger partial charge is 0.356 e. The van der Waals surface area contributed by atoms with Crippen molar-refractivity contribution >= 4 is 17.6 Å². The van der Waals surface area contributed by atoms with Crippen molar-refractivity contribution in [3.63, 3.8) is 0 Å². The van der Waals surface area contributed by atoms with E-state index in [9.17, 15) is 0 Å². The molecule has 21 heavy (non-hydrogen) atoms. The van der Waals surface area contributed by atoms with Gasteiger partial charge in [-0.25, -0.2) is 9.97 Å². The van der Waals surface area contributed by atoms with Gasteiger partial charge in [-0.3, -0.25) is 0 Å². The molecule has 2 aromatic rings. The van der Waals surface area contributed by atoms with Gasteiger partial charge in [0.15, 0.2) is 0 Å². The summed E-state index contributed by atoms with van der Waals surface area (Å²) in [7, 11) is 0. The lowest BCUT2D eigenvalue weighted by Gasteiger charge is -2.16. The van der Waals surface area contributed by atoms with E-state index < -0.39 is 0 Å². The van der Waals surface area contributed by atoms with Crippen LogP contribution in [0.15, 0.2) is 35.6 Å². The number of thioether (sulfide) groups is 1. The Bertz CT molecular complexity index is 621. The van der Waals surface area contributed by atoms with Gasteiger partial charge in [-0.15, -0.1) is 11.8 Å². The van der Waals surface area contributed by atoms with E-state index in [1.807, 2.05) is 0 Å². The third kappa shape index (κ3) is 3.56. The molecule has 1 aromatic carbocycles. The van der Waals surface area contributed by atoms with E-state index in [-0.39, 0.29) is 0 Å². The Morgan fingerprint density at radius 1 is 1.10 bits per heavy atom. The summed E-state index contributed by atoms with van der Waals surface area (Å²) in [6.07, 6.45) is 4.24. The van der Waals surface area contributed by atoms with Crippen LogP contribution in [0.5, 0.6) is 0 Å². The van der Waals surface area contributed by atoms with Gasteiger partial charge in [0.25, 0.3) is 0 Å². The Hall–Kier alpha value is -1.55. The van der Waals surface area contributed by atoms with E-state index in [0.717, 1.165) is 29.7 Å². The highest BCUT2D eigenvalue weighted by Crippen LogP contribution is 2.26. The topological polar surface area (TPSA) is 29.0 Å². The summed E-state index contributed by atoms with van der Waals surface area (Å²) in [6, 6.07) is 8.76. The number of anilines is 1. The van der Waals surface area contributed by atoms with Crippen molar-refractivity contribution in [2.45, 2.75) is 37.5 Å². The third-order valence-electron chi connectivity index (χ3n) is 3.94. The summed E-state index contributed by atoms with van der Waals surface area (Å²) in [5, 5.41) is 1.06. The van der Waals surface area contributed by atoms with Gasteiger partial charge >= 0.3 is 0 Å². The fraction of sp³-hybridized carbons (Fsp3) is 0.412. The van der Waals surface area contributed by atoms with E-state index in [2.05, 4.69) is 53.0 Å². The molecule has 2 heterocycles. The third-order valence-corrected chi connectivity index (χ3v) is 4.91. The van der Waals surface area contributed by atoms with Crippen molar-refractivity contribution in [2.75, 3.05) is 18.0 Å². The van der Waals surface area contributed by atoms with Gasteiger partial charge in [0.2, 0.25) is 0 Å². The van der Waals surface area contributed by atoms with Gasteiger partial charge in [0, 0.05) is 24.9 Å². The van der Waals surface area contributed by atoms with E-state index in [1.54, 1.807) is 18.1 Å². The quantitative estimate of drug-likeness (QED) is 0.630. The molecule has 4 heteroatoms. The van der Waals surface area contributed by atoms with Crippen molar-refractivity contribution in [1.29, 1.82) is 0 Å². The fourth-order valence-corrected chi connectivity index (χ4v) is 3.56. The first kappa shape index (κ1) is 14.4. The van der Waals surface area contributed by atoms with Gasteiger partial charge in [0.05, 0.1) is 0 Å². The smallest absolute Gasteiger partial charge is 0.133 e.